The van der Waals surface area contributed by atoms with Crippen molar-refractivity contribution in [3.05, 3.63) is 11.8 Å². The lowest BCUT2D eigenvalue weighted by molar-refractivity contribution is 0.302. The Labute approximate surface area is 110 Å². The van der Waals surface area contributed by atoms with Gasteiger partial charge in [0.1, 0.15) is 0 Å². The van der Waals surface area contributed by atoms with E-state index in [9.17, 15) is 0 Å². The summed E-state index contributed by atoms with van der Waals surface area (Å²) in [5, 5.41) is 11.7. The highest BCUT2D eigenvalue weighted by atomic mass is 16.4. The molecule has 4 nitrogen and oxygen atoms in total. The van der Waals surface area contributed by atoms with Crippen LogP contribution in [0.3, 0.4) is 0 Å². The largest absolute Gasteiger partial charge is 0.425 e. The first-order valence-corrected chi connectivity index (χ1v) is 7.32. The van der Waals surface area contributed by atoms with Crippen molar-refractivity contribution in [3.63, 3.8) is 0 Å². The Morgan fingerprint density at radius 1 is 1.17 bits per heavy atom. The van der Waals surface area contributed by atoms with Gasteiger partial charge in [-0.05, 0) is 44.6 Å². The maximum atomic E-state index is 5.78. The lowest BCUT2D eigenvalue weighted by Crippen LogP contribution is -2.17. The van der Waals surface area contributed by atoms with Crippen molar-refractivity contribution in [1.29, 1.82) is 0 Å². The fourth-order valence-electron chi connectivity index (χ4n) is 2.54. The van der Waals surface area contributed by atoms with Gasteiger partial charge in [0, 0.05) is 18.9 Å². The highest BCUT2D eigenvalue weighted by Gasteiger charge is 2.24. The van der Waals surface area contributed by atoms with Crippen LogP contribution in [0.2, 0.25) is 0 Å². The van der Waals surface area contributed by atoms with Crippen molar-refractivity contribution in [2.45, 2.75) is 58.3 Å². The van der Waals surface area contributed by atoms with Crippen LogP contribution in [-0.4, -0.2) is 23.3 Å². The molecule has 1 aromatic heterocycles. The van der Waals surface area contributed by atoms with E-state index < -0.39 is 0 Å². The number of nitrogens with one attached hydrogen (secondary N) is 1. The summed E-state index contributed by atoms with van der Waals surface area (Å²) in [6.45, 7) is 6.48. The van der Waals surface area contributed by atoms with E-state index in [-0.39, 0.29) is 0 Å². The molecule has 1 saturated carbocycles. The van der Waals surface area contributed by atoms with E-state index in [1.54, 1.807) is 0 Å². The SMILES string of the molecule is CCCNCCc1nnc(C2CCC(C)CC2)o1. The molecule has 102 valence electrons. The first kappa shape index (κ1) is 13.5. The minimum Gasteiger partial charge on any atom is -0.425 e. The van der Waals surface area contributed by atoms with Crippen molar-refractivity contribution in [2.75, 3.05) is 13.1 Å². The molecule has 0 spiro atoms. The lowest BCUT2D eigenvalue weighted by atomic mass is 9.83. The summed E-state index contributed by atoms with van der Waals surface area (Å²) in [6.07, 6.45) is 7.00. The van der Waals surface area contributed by atoms with E-state index in [0.29, 0.717) is 5.92 Å². The van der Waals surface area contributed by atoms with Crippen LogP contribution < -0.4 is 5.32 Å². The minimum atomic E-state index is 0.506. The molecule has 0 saturated heterocycles. The van der Waals surface area contributed by atoms with Crippen molar-refractivity contribution in [2.24, 2.45) is 5.92 Å². The Bertz CT molecular complexity index is 343. The van der Waals surface area contributed by atoms with Gasteiger partial charge in [-0.25, -0.2) is 0 Å². The Hall–Kier alpha value is -0.900. The number of rotatable bonds is 6. The highest BCUT2D eigenvalue weighted by Crippen LogP contribution is 2.34. The molecule has 1 N–H and O–H groups in total. The molecule has 1 heterocycles. The summed E-state index contributed by atoms with van der Waals surface area (Å²) in [7, 11) is 0. The third-order valence-electron chi connectivity index (χ3n) is 3.79. The average molecular weight is 251 g/mol. The molecule has 0 radical (unpaired) electrons. The van der Waals surface area contributed by atoms with Gasteiger partial charge in [-0.3, -0.25) is 0 Å². The second-order valence-electron chi connectivity index (χ2n) is 5.49. The van der Waals surface area contributed by atoms with E-state index in [4.69, 9.17) is 4.42 Å². The summed E-state index contributed by atoms with van der Waals surface area (Å²) >= 11 is 0. The maximum absolute atomic E-state index is 5.78. The van der Waals surface area contributed by atoms with Gasteiger partial charge in [0.15, 0.2) is 0 Å². The van der Waals surface area contributed by atoms with Gasteiger partial charge in [0.25, 0.3) is 0 Å². The molecular formula is C14H25N3O. The van der Waals surface area contributed by atoms with Crippen molar-refractivity contribution in [1.82, 2.24) is 15.5 Å². The molecule has 0 aromatic carbocycles. The molecule has 1 aromatic rings. The predicted octanol–water partition coefficient (Wildman–Crippen LogP) is 2.91. The van der Waals surface area contributed by atoms with E-state index in [1.165, 1.54) is 25.7 Å². The van der Waals surface area contributed by atoms with E-state index >= 15 is 0 Å². The van der Waals surface area contributed by atoms with Crippen molar-refractivity contribution >= 4 is 0 Å². The van der Waals surface area contributed by atoms with Crippen LogP contribution in [0.25, 0.3) is 0 Å². The second kappa shape index (κ2) is 6.88. The van der Waals surface area contributed by atoms with Crippen LogP contribution in [0.1, 0.15) is 63.7 Å². The van der Waals surface area contributed by atoms with E-state index in [1.807, 2.05) is 0 Å². The topological polar surface area (TPSA) is 51.0 Å². The van der Waals surface area contributed by atoms with Crippen molar-refractivity contribution in [3.8, 4) is 0 Å². The summed E-state index contributed by atoms with van der Waals surface area (Å²) in [5.74, 6) is 3.02. The Morgan fingerprint density at radius 2 is 1.94 bits per heavy atom. The molecule has 1 fully saturated rings. The van der Waals surface area contributed by atoms with Gasteiger partial charge >= 0.3 is 0 Å². The maximum Gasteiger partial charge on any atom is 0.219 e. The zero-order valence-electron chi connectivity index (χ0n) is 11.6. The zero-order valence-corrected chi connectivity index (χ0v) is 11.6. The van der Waals surface area contributed by atoms with Crippen LogP contribution in [0.4, 0.5) is 0 Å². The first-order valence-electron chi connectivity index (χ1n) is 7.32. The van der Waals surface area contributed by atoms with Crippen molar-refractivity contribution < 1.29 is 4.42 Å². The molecule has 18 heavy (non-hydrogen) atoms. The van der Waals surface area contributed by atoms with E-state index in [0.717, 1.165) is 43.6 Å². The molecule has 4 heteroatoms. The first-order chi connectivity index (χ1) is 8.79. The standard InChI is InChI=1S/C14H25N3O/c1-3-9-15-10-8-13-16-17-14(18-13)12-6-4-11(2)5-7-12/h11-12,15H,3-10H2,1-2H3. The monoisotopic (exact) mass is 251 g/mol. The van der Waals surface area contributed by atoms with Gasteiger partial charge in [-0.1, -0.05) is 13.8 Å². The number of hydrogen-bond donors (Lipinski definition) is 1. The predicted molar refractivity (Wildman–Crippen MR) is 71.5 cm³/mol. The normalized spacial score (nSPS) is 24.3. The zero-order chi connectivity index (χ0) is 12.8. The molecule has 0 bridgehead atoms. The van der Waals surface area contributed by atoms with Crippen LogP contribution in [-0.2, 0) is 6.42 Å². The summed E-state index contributed by atoms with van der Waals surface area (Å²) in [6, 6.07) is 0. The Morgan fingerprint density at radius 3 is 2.67 bits per heavy atom. The van der Waals surface area contributed by atoms with Gasteiger partial charge in [-0.2, -0.15) is 0 Å². The molecule has 0 amide bonds. The molecule has 1 aliphatic rings. The Kier molecular flexibility index (Phi) is 5.17. The molecular weight excluding hydrogens is 226 g/mol. The molecule has 0 aliphatic heterocycles. The number of aromatic nitrogens is 2. The fourth-order valence-corrected chi connectivity index (χ4v) is 2.54. The quantitative estimate of drug-likeness (QED) is 0.790. The van der Waals surface area contributed by atoms with Crippen LogP contribution >= 0.6 is 0 Å². The minimum absolute atomic E-state index is 0.506. The lowest BCUT2D eigenvalue weighted by Gasteiger charge is -2.23. The third kappa shape index (κ3) is 3.80. The summed E-state index contributed by atoms with van der Waals surface area (Å²) in [5.41, 5.74) is 0. The molecule has 1 aliphatic carbocycles. The average Bonchev–Trinajstić information content (AvgIpc) is 2.84. The molecule has 0 atom stereocenters. The third-order valence-corrected chi connectivity index (χ3v) is 3.79. The van der Waals surface area contributed by atoms with Crippen LogP contribution in [0.15, 0.2) is 4.42 Å². The summed E-state index contributed by atoms with van der Waals surface area (Å²) < 4.78 is 5.78. The van der Waals surface area contributed by atoms with Crippen LogP contribution in [0, 0.1) is 5.92 Å². The second-order valence-corrected chi connectivity index (χ2v) is 5.49. The Balaban J connectivity index is 1.78. The van der Waals surface area contributed by atoms with Crippen LogP contribution in [0.5, 0.6) is 0 Å². The fraction of sp³-hybridized carbons (Fsp3) is 0.857. The smallest absolute Gasteiger partial charge is 0.219 e. The molecule has 0 unspecified atom stereocenters. The molecule has 2 rings (SSSR count). The highest BCUT2D eigenvalue weighted by molar-refractivity contribution is 4.94. The van der Waals surface area contributed by atoms with Gasteiger partial charge in [-0.15, -0.1) is 10.2 Å². The van der Waals surface area contributed by atoms with E-state index in [2.05, 4.69) is 29.4 Å². The van der Waals surface area contributed by atoms with Gasteiger partial charge in [0.05, 0.1) is 0 Å². The van der Waals surface area contributed by atoms with Gasteiger partial charge < -0.3 is 9.73 Å². The summed E-state index contributed by atoms with van der Waals surface area (Å²) in [4.78, 5) is 0. The van der Waals surface area contributed by atoms with Gasteiger partial charge in [0.2, 0.25) is 11.8 Å². The number of nitrogens with zero attached hydrogens (tertiary/aromatic N) is 2. The number of hydrogen-bond acceptors (Lipinski definition) is 4.